The van der Waals surface area contributed by atoms with Crippen molar-refractivity contribution in [2.75, 3.05) is 13.2 Å². The summed E-state index contributed by atoms with van der Waals surface area (Å²) in [4.78, 5) is 36.5. The normalized spacial score (nSPS) is 11.8. The molecule has 0 fully saturated rings. The summed E-state index contributed by atoms with van der Waals surface area (Å²) in [5.74, 6) is -1.09. The fraction of sp³-hybridized carbons (Fsp3) is 0.304. The van der Waals surface area contributed by atoms with Gasteiger partial charge in [-0.05, 0) is 64.7 Å². The monoisotopic (exact) mass is 537 g/mol. The van der Waals surface area contributed by atoms with E-state index in [1.165, 1.54) is 6.21 Å². The minimum absolute atomic E-state index is 0.184. The second-order valence-corrected chi connectivity index (χ2v) is 8.45. The van der Waals surface area contributed by atoms with Crippen molar-refractivity contribution in [3.8, 4) is 5.75 Å². The van der Waals surface area contributed by atoms with Crippen LogP contribution in [-0.2, 0) is 14.3 Å². The number of ether oxygens (including phenoxy) is 2. The van der Waals surface area contributed by atoms with Crippen molar-refractivity contribution in [2.45, 2.75) is 26.8 Å². The van der Waals surface area contributed by atoms with E-state index in [1.54, 1.807) is 49.4 Å². The van der Waals surface area contributed by atoms with Crippen molar-refractivity contribution < 1.29 is 23.9 Å². The summed E-state index contributed by atoms with van der Waals surface area (Å²) in [7, 11) is 0. The molecule has 0 aromatic heterocycles. The van der Waals surface area contributed by atoms with Crippen LogP contribution in [0.1, 0.15) is 36.7 Å². The first-order valence-corrected chi connectivity index (χ1v) is 11.4. The summed E-state index contributed by atoms with van der Waals surface area (Å²) in [6, 6.07) is 10.9. The molecule has 176 valence electrons. The number of hydrogen-bond acceptors (Lipinski definition) is 6. The molecule has 0 aliphatic carbocycles. The minimum atomic E-state index is -0.809. The quantitative estimate of drug-likeness (QED) is 0.271. The number of hydrazone groups is 1. The number of nitrogens with zero attached hydrogens (tertiary/aromatic N) is 1. The molecular formula is C23H25BrClN3O5. The molecule has 33 heavy (non-hydrogen) atoms. The van der Waals surface area contributed by atoms with Gasteiger partial charge < -0.3 is 14.8 Å². The molecule has 1 atom stereocenters. The van der Waals surface area contributed by atoms with E-state index in [0.717, 1.165) is 0 Å². The third-order valence-corrected chi connectivity index (χ3v) is 5.30. The average molecular weight is 539 g/mol. The van der Waals surface area contributed by atoms with Gasteiger partial charge in [-0.2, -0.15) is 5.10 Å². The van der Waals surface area contributed by atoms with E-state index >= 15 is 0 Å². The average Bonchev–Trinajstić information content (AvgIpc) is 2.77. The SMILES string of the molecule is CCOC(=O)COc1ccc(C=NNC(=O)C(NC(=O)c2ccccc2Cl)C(C)C)cc1Br. The van der Waals surface area contributed by atoms with Crippen LogP contribution in [0, 0.1) is 5.92 Å². The predicted octanol–water partition coefficient (Wildman–Crippen LogP) is 3.95. The number of esters is 1. The van der Waals surface area contributed by atoms with Crippen molar-refractivity contribution in [1.82, 2.24) is 10.7 Å². The lowest BCUT2D eigenvalue weighted by molar-refractivity contribution is -0.145. The van der Waals surface area contributed by atoms with Crippen molar-refractivity contribution in [3.63, 3.8) is 0 Å². The zero-order valence-corrected chi connectivity index (χ0v) is 20.8. The molecule has 0 saturated carbocycles. The maximum atomic E-state index is 12.6. The molecule has 0 aliphatic rings. The van der Waals surface area contributed by atoms with Gasteiger partial charge in [0.15, 0.2) is 6.61 Å². The number of benzene rings is 2. The van der Waals surface area contributed by atoms with E-state index in [1.807, 2.05) is 13.8 Å². The highest BCUT2D eigenvalue weighted by molar-refractivity contribution is 9.10. The van der Waals surface area contributed by atoms with Gasteiger partial charge in [0, 0.05) is 0 Å². The Morgan fingerprint density at radius 3 is 2.55 bits per heavy atom. The molecule has 0 bridgehead atoms. The molecule has 10 heteroatoms. The van der Waals surface area contributed by atoms with Gasteiger partial charge >= 0.3 is 5.97 Å². The molecule has 2 rings (SSSR count). The van der Waals surface area contributed by atoms with Gasteiger partial charge in [0.2, 0.25) is 0 Å². The number of halogens is 2. The third kappa shape index (κ3) is 8.18. The minimum Gasteiger partial charge on any atom is -0.481 e. The van der Waals surface area contributed by atoms with E-state index in [4.69, 9.17) is 21.1 Å². The second kappa shape index (κ2) is 13.0. The molecule has 0 spiro atoms. The predicted molar refractivity (Wildman–Crippen MR) is 130 cm³/mol. The molecule has 2 aromatic rings. The number of carbonyl (C=O) groups is 3. The van der Waals surface area contributed by atoms with E-state index < -0.39 is 23.8 Å². The molecule has 2 N–H and O–H groups in total. The van der Waals surface area contributed by atoms with Crippen molar-refractivity contribution in [3.05, 3.63) is 63.1 Å². The zero-order valence-electron chi connectivity index (χ0n) is 18.4. The molecule has 2 amide bonds. The summed E-state index contributed by atoms with van der Waals surface area (Å²) in [5, 5.41) is 6.98. The van der Waals surface area contributed by atoms with Gasteiger partial charge in [-0.3, -0.25) is 9.59 Å². The highest BCUT2D eigenvalue weighted by Gasteiger charge is 2.25. The Hall–Kier alpha value is -2.91. The maximum Gasteiger partial charge on any atom is 0.344 e. The fourth-order valence-corrected chi connectivity index (χ4v) is 3.43. The second-order valence-electron chi connectivity index (χ2n) is 7.19. The Morgan fingerprint density at radius 2 is 1.91 bits per heavy atom. The van der Waals surface area contributed by atoms with E-state index in [-0.39, 0.29) is 24.7 Å². The van der Waals surface area contributed by atoms with Gasteiger partial charge in [-0.25, -0.2) is 10.2 Å². The number of rotatable bonds is 10. The van der Waals surface area contributed by atoms with Gasteiger partial charge in [-0.15, -0.1) is 0 Å². The lowest BCUT2D eigenvalue weighted by Crippen LogP contribution is -2.48. The number of hydrogen-bond donors (Lipinski definition) is 2. The molecule has 2 aromatic carbocycles. The molecule has 0 heterocycles. The number of amides is 2. The Kier molecular flexibility index (Phi) is 10.3. The van der Waals surface area contributed by atoms with Crippen LogP contribution in [0.2, 0.25) is 5.02 Å². The van der Waals surface area contributed by atoms with Crippen LogP contribution >= 0.6 is 27.5 Å². The fourth-order valence-electron chi connectivity index (χ4n) is 2.69. The van der Waals surface area contributed by atoms with Gasteiger partial charge in [0.05, 0.1) is 27.9 Å². The molecule has 1 unspecified atom stereocenters. The van der Waals surface area contributed by atoms with Crippen molar-refractivity contribution >= 4 is 51.5 Å². The first kappa shape index (κ1) is 26.3. The van der Waals surface area contributed by atoms with Crippen molar-refractivity contribution in [2.24, 2.45) is 11.0 Å². The summed E-state index contributed by atoms with van der Waals surface area (Å²) in [6.45, 7) is 5.43. The molecule has 0 saturated heterocycles. The number of nitrogens with one attached hydrogen (secondary N) is 2. The topological polar surface area (TPSA) is 106 Å². The third-order valence-electron chi connectivity index (χ3n) is 4.35. The zero-order chi connectivity index (χ0) is 24.4. The van der Waals surface area contributed by atoms with Crippen LogP contribution in [0.25, 0.3) is 0 Å². The summed E-state index contributed by atoms with van der Waals surface area (Å²) < 4.78 is 10.8. The highest BCUT2D eigenvalue weighted by atomic mass is 79.9. The summed E-state index contributed by atoms with van der Waals surface area (Å²) in [6.07, 6.45) is 1.45. The van der Waals surface area contributed by atoms with E-state index in [2.05, 4.69) is 31.8 Å². The van der Waals surface area contributed by atoms with Gasteiger partial charge in [0.25, 0.3) is 11.8 Å². The van der Waals surface area contributed by atoms with Crippen LogP contribution in [-0.4, -0.2) is 43.3 Å². The van der Waals surface area contributed by atoms with Crippen molar-refractivity contribution in [1.29, 1.82) is 0 Å². The van der Waals surface area contributed by atoms with Crippen LogP contribution in [0.15, 0.2) is 52.0 Å². The Balaban J connectivity index is 1.97. The Labute approximate surface area is 205 Å². The lowest BCUT2D eigenvalue weighted by Gasteiger charge is -2.20. The van der Waals surface area contributed by atoms with Crippen LogP contribution in [0.5, 0.6) is 5.75 Å². The summed E-state index contributed by atoms with van der Waals surface area (Å²) in [5.41, 5.74) is 3.41. The molecule has 8 nitrogen and oxygen atoms in total. The first-order chi connectivity index (χ1) is 15.7. The molecular weight excluding hydrogens is 514 g/mol. The number of carbonyl (C=O) groups excluding carboxylic acids is 3. The summed E-state index contributed by atoms with van der Waals surface area (Å²) >= 11 is 9.44. The standard InChI is InChI=1S/C23H25BrClN3O5/c1-4-32-20(29)13-33-19-10-9-15(11-17(19)24)12-26-28-23(31)21(14(2)3)27-22(30)16-7-5-6-8-18(16)25/h5-12,14,21H,4,13H2,1-3H3,(H,27,30)(H,28,31). The van der Waals surface area contributed by atoms with Crippen LogP contribution in [0.3, 0.4) is 0 Å². The maximum absolute atomic E-state index is 12.6. The Bertz CT molecular complexity index is 1030. The van der Waals surface area contributed by atoms with Crippen LogP contribution in [0.4, 0.5) is 0 Å². The lowest BCUT2D eigenvalue weighted by atomic mass is 10.0. The van der Waals surface area contributed by atoms with E-state index in [0.29, 0.717) is 20.8 Å². The highest BCUT2D eigenvalue weighted by Crippen LogP contribution is 2.25. The molecule has 0 radical (unpaired) electrons. The van der Waals surface area contributed by atoms with Gasteiger partial charge in [0.1, 0.15) is 11.8 Å². The first-order valence-electron chi connectivity index (χ1n) is 10.2. The smallest absolute Gasteiger partial charge is 0.344 e. The largest absolute Gasteiger partial charge is 0.481 e. The molecule has 0 aliphatic heterocycles. The van der Waals surface area contributed by atoms with Crippen LogP contribution < -0.4 is 15.5 Å². The van der Waals surface area contributed by atoms with E-state index in [9.17, 15) is 14.4 Å². The van der Waals surface area contributed by atoms with Gasteiger partial charge in [-0.1, -0.05) is 37.6 Å². The Morgan fingerprint density at radius 1 is 1.18 bits per heavy atom.